The maximum absolute atomic E-state index is 6.00. The molecule has 4 nitrogen and oxygen atoms in total. The van der Waals surface area contributed by atoms with Crippen LogP contribution in [0.1, 0.15) is 31.1 Å². The van der Waals surface area contributed by atoms with Gasteiger partial charge in [-0.2, -0.15) is 0 Å². The van der Waals surface area contributed by atoms with Gasteiger partial charge in [0.25, 0.3) is 0 Å². The topological polar surface area (TPSA) is 40.4 Å². The zero-order valence-corrected chi connectivity index (χ0v) is 15.1. The van der Waals surface area contributed by atoms with Crippen LogP contribution in [-0.2, 0) is 0 Å². The largest absolute Gasteiger partial charge is 0.468 e. The van der Waals surface area contributed by atoms with Crippen molar-refractivity contribution in [1.82, 2.24) is 10.2 Å². The van der Waals surface area contributed by atoms with Crippen LogP contribution in [-0.4, -0.2) is 29.6 Å². The Bertz CT molecular complexity index is 656. The molecule has 1 fully saturated rings. The van der Waals surface area contributed by atoms with E-state index in [1.807, 2.05) is 36.4 Å². The number of halogens is 1. The van der Waals surface area contributed by atoms with E-state index in [0.717, 1.165) is 24.5 Å². The molecule has 0 amide bonds. The maximum Gasteiger partial charge on any atom is 0.170 e. The van der Waals surface area contributed by atoms with E-state index in [-0.39, 0.29) is 6.04 Å². The fraction of sp³-hybridized carbons (Fsp3) is 0.389. The molecule has 2 heterocycles. The van der Waals surface area contributed by atoms with Gasteiger partial charge in [-0.1, -0.05) is 24.1 Å². The molecule has 1 saturated heterocycles. The number of likely N-dealkylation sites (tertiary alicyclic amines) is 1. The Kier molecular flexibility index (Phi) is 6.12. The standard InChI is InChI=1S/C18H22ClN3OS/c19-14-6-4-7-15(12-14)21-18(24)20-13-16(17-8-5-11-23-17)22-9-2-1-3-10-22/h4-8,11-12,16H,1-3,9-10,13H2,(H2,20,21,24). The van der Waals surface area contributed by atoms with Gasteiger partial charge in [-0.25, -0.2) is 0 Å². The van der Waals surface area contributed by atoms with Crippen molar-refractivity contribution < 1.29 is 4.42 Å². The second-order valence-electron chi connectivity index (χ2n) is 5.97. The zero-order chi connectivity index (χ0) is 16.8. The maximum atomic E-state index is 6.00. The molecule has 1 aromatic carbocycles. The SMILES string of the molecule is S=C(NCC(c1ccco1)N1CCCCC1)Nc1cccc(Cl)c1. The van der Waals surface area contributed by atoms with Crippen LogP contribution in [0.25, 0.3) is 0 Å². The van der Waals surface area contributed by atoms with Crippen LogP contribution in [0.4, 0.5) is 5.69 Å². The van der Waals surface area contributed by atoms with Gasteiger partial charge in [0.05, 0.1) is 12.3 Å². The first-order valence-electron chi connectivity index (χ1n) is 8.30. The summed E-state index contributed by atoms with van der Waals surface area (Å²) in [6.07, 6.45) is 5.52. The van der Waals surface area contributed by atoms with E-state index in [4.69, 9.17) is 28.2 Å². The first-order valence-corrected chi connectivity index (χ1v) is 9.09. The monoisotopic (exact) mass is 363 g/mol. The molecular formula is C18H22ClN3OS. The number of nitrogens with zero attached hydrogens (tertiary/aromatic N) is 1. The average molecular weight is 364 g/mol. The number of hydrogen-bond donors (Lipinski definition) is 2. The Morgan fingerprint density at radius 1 is 1.21 bits per heavy atom. The van der Waals surface area contributed by atoms with Gasteiger partial charge in [0.2, 0.25) is 0 Å². The summed E-state index contributed by atoms with van der Waals surface area (Å²) in [5.74, 6) is 0.981. The third kappa shape index (κ3) is 4.72. The van der Waals surface area contributed by atoms with E-state index in [2.05, 4.69) is 15.5 Å². The van der Waals surface area contributed by atoms with E-state index in [9.17, 15) is 0 Å². The van der Waals surface area contributed by atoms with Crippen molar-refractivity contribution in [3.05, 3.63) is 53.4 Å². The van der Waals surface area contributed by atoms with Gasteiger partial charge in [0.15, 0.2) is 5.11 Å². The van der Waals surface area contributed by atoms with Crippen LogP contribution in [0.15, 0.2) is 47.1 Å². The lowest BCUT2D eigenvalue weighted by Gasteiger charge is -2.33. The average Bonchev–Trinajstić information content (AvgIpc) is 3.10. The lowest BCUT2D eigenvalue weighted by Crippen LogP contribution is -2.41. The molecule has 0 spiro atoms. The summed E-state index contributed by atoms with van der Waals surface area (Å²) >= 11 is 11.4. The normalized spacial score (nSPS) is 16.5. The van der Waals surface area contributed by atoms with Crippen molar-refractivity contribution in [2.24, 2.45) is 0 Å². The molecule has 0 aliphatic carbocycles. The second kappa shape index (κ2) is 8.51. The summed E-state index contributed by atoms with van der Waals surface area (Å²) in [4.78, 5) is 2.47. The van der Waals surface area contributed by atoms with Gasteiger partial charge >= 0.3 is 0 Å². The second-order valence-corrected chi connectivity index (χ2v) is 6.82. The van der Waals surface area contributed by atoms with Gasteiger partial charge < -0.3 is 15.1 Å². The van der Waals surface area contributed by atoms with Gasteiger partial charge in [-0.3, -0.25) is 4.90 Å². The smallest absolute Gasteiger partial charge is 0.170 e. The van der Waals surface area contributed by atoms with Crippen LogP contribution < -0.4 is 10.6 Å². The Hall–Kier alpha value is -1.56. The number of furan rings is 1. The number of nitrogens with one attached hydrogen (secondary N) is 2. The molecule has 3 rings (SSSR count). The van der Waals surface area contributed by atoms with Gasteiger partial charge in [-0.05, 0) is 68.5 Å². The van der Waals surface area contributed by atoms with Crippen molar-refractivity contribution in [3.63, 3.8) is 0 Å². The fourth-order valence-electron chi connectivity index (χ4n) is 3.05. The molecule has 2 N–H and O–H groups in total. The van der Waals surface area contributed by atoms with E-state index in [0.29, 0.717) is 16.7 Å². The molecule has 24 heavy (non-hydrogen) atoms. The minimum Gasteiger partial charge on any atom is -0.468 e. The molecule has 1 aromatic heterocycles. The summed E-state index contributed by atoms with van der Waals surface area (Å²) in [5.41, 5.74) is 0.882. The van der Waals surface area contributed by atoms with Crippen molar-refractivity contribution in [2.75, 3.05) is 25.0 Å². The predicted octanol–water partition coefficient (Wildman–Crippen LogP) is 4.45. The molecule has 1 atom stereocenters. The van der Waals surface area contributed by atoms with E-state index >= 15 is 0 Å². The van der Waals surface area contributed by atoms with Gasteiger partial charge in [-0.15, -0.1) is 0 Å². The Morgan fingerprint density at radius 3 is 2.75 bits per heavy atom. The molecule has 1 unspecified atom stereocenters. The number of hydrogen-bond acceptors (Lipinski definition) is 3. The Labute approximate surface area is 153 Å². The fourth-order valence-corrected chi connectivity index (χ4v) is 3.44. The van der Waals surface area contributed by atoms with Gasteiger partial charge in [0.1, 0.15) is 5.76 Å². The predicted molar refractivity (Wildman–Crippen MR) is 103 cm³/mol. The van der Waals surface area contributed by atoms with Crippen LogP contribution in [0, 0.1) is 0 Å². The van der Waals surface area contributed by atoms with E-state index in [1.165, 1.54) is 19.3 Å². The Morgan fingerprint density at radius 2 is 2.04 bits per heavy atom. The van der Waals surface area contributed by atoms with Crippen molar-refractivity contribution in [1.29, 1.82) is 0 Å². The number of anilines is 1. The highest BCUT2D eigenvalue weighted by atomic mass is 35.5. The summed E-state index contributed by atoms with van der Waals surface area (Å²) in [7, 11) is 0. The van der Waals surface area contributed by atoms with Crippen molar-refractivity contribution in [2.45, 2.75) is 25.3 Å². The summed E-state index contributed by atoms with van der Waals surface area (Å²) in [6, 6.07) is 11.7. The molecule has 0 saturated carbocycles. The highest BCUT2D eigenvalue weighted by Gasteiger charge is 2.24. The van der Waals surface area contributed by atoms with E-state index in [1.54, 1.807) is 6.26 Å². The van der Waals surface area contributed by atoms with Crippen molar-refractivity contribution >= 4 is 34.6 Å². The number of piperidine rings is 1. The number of thiocarbonyl (C=S) groups is 1. The molecular weight excluding hydrogens is 342 g/mol. The Balaban J connectivity index is 1.59. The minimum absolute atomic E-state index is 0.194. The summed E-state index contributed by atoms with van der Waals surface area (Å²) in [5, 5.41) is 7.76. The molecule has 0 radical (unpaired) electrons. The summed E-state index contributed by atoms with van der Waals surface area (Å²) in [6.45, 7) is 2.91. The van der Waals surface area contributed by atoms with Crippen LogP contribution in [0.2, 0.25) is 5.02 Å². The summed E-state index contributed by atoms with van der Waals surface area (Å²) < 4.78 is 5.65. The van der Waals surface area contributed by atoms with Crippen LogP contribution in [0.3, 0.4) is 0 Å². The minimum atomic E-state index is 0.194. The molecule has 6 heteroatoms. The first-order chi connectivity index (χ1) is 11.7. The lowest BCUT2D eigenvalue weighted by atomic mass is 10.1. The van der Waals surface area contributed by atoms with Crippen LogP contribution >= 0.6 is 23.8 Å². The van der Waals surface area contributed by atoms with Crippen LogP contribution in [0.5, 0.6) is 0 Å². The zero-order valence-electron chi connectivity index (χ0n) is 13.5. The molecule has 2 aromatic rings. The quantitative estimate of drug-likeness (QED) is 0.768. The molecule has 0 bridgehead atoms. The molecule has 128 valence electrons. The van der Waals surface area contributed by atoms with Gasteiger partial charge in [0, 0.05) is 17.3 Å². The first kappa shape index (κ1) is 17.3. The molecule has 1 aliphatic heterocycles. The number of benzene rings is 1. The highest BCUT2D eigenvalue weighted by Crippen LogP contribution is 2.24. The third-order valence-corrected chi connectivity index (χ3v) is 4.72. The lowest BCUT2D eigenvalue weighted by molar-refractivity contribution is 0.146. The van der Waals surface area contributed by atoms with Crippen molar-refractivity contribution in [3.8, 4) is 0 Å². The third-order valence-electron chi connectivity index (χ3n) is 4.24. The van der Waals surface area contributed by atoms with E-state index < -0.39 is 0 Å². The highest BCUT2D eigenvalue weighted by molar-refractivity contribution is 7.80. The number of rotatable bonds is 5. The molecule has 1 aliphatic rings.